The Bertz CT molecular complexity index is 1400. The summed E-state index contributed by atoms with van der Waals surface area (Å²) in [4.78, 5) is 40.0. The molecule has 0 saturated carbocycles. The maximum Gasteiger partial charge on any atom is 0.306 e. The first-order valence-electron chi connectivity index (χ1n) is 34.6. The molecule has 0 aliphatic carbocycles. The molecular weight excluding hydrogens is 1000 g/mol. The van der Waals surface area contributed by atoms with Gasteiger partial charge in [-0.15, -0.1) is 0 Å². The minimum Gasteiger partial charge on any atom is -0.756 e. The van der Waals surface area contributed by atoms with Crippen molar-refractivity contribution in [1.82, 2.24) is 5.32 Å². The molecule has 3 atom stereocenters. The molecule has 0 aliphatic heterocycles. The summed E-state index contributed by atoms with van der Waals surface area (Å²) >= 11 is 0. The number of quaternary nitrogens is 1. The molecule has 0 aromatic carbocycles. The molecular formula is C69H135N2O7P. The van der Waals surface area contributed by atoms with Gasteiger partial charge in [-0.1, -0.05) is 309 Å². The van der Waals surface area contributed by atoms with Gasteiger partial charge in [-0.05, 0) is 57.4 Å². The fraction of sp³-hybridized carbons (Fsp3) is 0.913. The number of phosphoric ester groups is 1. The second-order valence-electron chi connectivity index (χ2n) is 25.0. The average Bonchev–Trinajstić information content (AvgIpc) is 3.41. The minimum absolute atomic E-state index is 0.0196. The molecule has 1 N–H and O–H groups in total. The Labute approximate surface area is 492 Å². The fourth-order valence-corrected chi connectivity index (χ4v) is 11.2. The van der Waals surface area contributed by atoms with Crippen LogP contribution in [0.25, 0.3) is 0 Å². The van der Waals surface area contributed by atoms with E-state index >= 15 is 0 Å². The van der Waals surface area contributed by atoms with E-state index in [4.69, 9.17) is 13.8 Å². The highest BCUT2D eigenvalue weighted by Gasteiger charge is 2.27. The van der Waals surface area contributed by atoms with Gasteiger partial charge in [-0.25, -0.2) is 0 Å². The summed E-state index contributed by atoms with van der Waals surface area (Å²) < 4.78 is 30.4. The SMILES string of the molecule is CCCCCC/C=C\CCCCCCCCCC(=O)NC(COP(=O)([O-])OCC[N+](C)(C)C)C(/C=C\CCCCCCCCCCC)OC(=O)CCCCCCCCCCCCCCCCCCCCCCCCCCCCC. The predicted octanol–water partition coefficient (Wildman–Crippen LogP) is 21.0. The van der Waals surface area contributed by atoms with Crippen LogP contribution in [0, 0.1) is 0 Å². The number of ether oxygens (including phenoxy) is 1. The second-order valence-corrected chi connectivity index (χ2v) is 26.5. The van der Waals surface area contributed by atoms with Gasteiger partial charge in [0.1, 0.15) is 19.3 Å². The van der Waals surface area contributed by atoms with Gasteiger partial charge in [0.15, 0.2) is 0 Å². The molecule has 0 spiro atoms. The Kier molecular flexibility index (Phi) is 58.5. The van der Waals surface area contributed by atoms with Crippen molar-refractivity contribution in [2.24, 2.45) is 0 Å². The van der Waals surface area contributed by atoms with Gasteiger partial charge in [0.2, 0.25) is 5.91 Å². The van der Waals surface area contributed by atoms with E-state index in [0.29, 0.717) is 17.4 Å². The van der Waals surface area contributed by atoms with E-state index in [1.807, 2.05) is 33.3 Å². The third kappa shape index (κ3) is 60.9. The first kappa shape index (κ1) is 77.5. The number of carbonyl (C=O) groups excluding carboxylic acids is 2. The number of nitrogens with zero attached hydrogens (tertiary/aromatic N) is 1. The number of esters is 1. The molecule has 0 aromatic heterocycles. The van der Waals surface area contributed by atoms with Crippen molar-refractivity contribution in [1.29, 1.82) is 0 Å². The van der Waals surface area contributed by atoms with Crippen molar-refractivity contribution < 1.29 is 37.3 Å². The molecule has 0 heterocycles. The van der Waals surface area contributed by atoms with E-state index in [-0.39, 0.29) is 31.5 Å². The number of likely N-dealkylation sites (N-methyl/N-ethyl adjacent to an activating group) is 1. The van der Waals surface area contributed by atoms with Crippen LogP contribution in [0.2, 0.25) is 0 Å². The molecule has 3 unspecified atom stereocenters. The van der Waals surface area contributed by atoms with Gasteiger partial charge >= 0.3 is 5.97 Å². The molecule has 0 radical (unpaired) electrons. The first-order valence-corrected chi connectivity index (χ1v) is 36.1. The van der Waals surface area contributed by atoms with Crippen molar-refractivity contribution in [3.05, 3.63) is 24.3 Å². The Morgan fingerprint density at radius 3 is 1.09 bits per heavy atom. The maximum atomic E-state index is 13.5. The van der Waals surface area contributed by atoms with Crippen molar-refractivity contribution in [3.8, 4) is 0 Å². The van der Waals surface area contributed by atoms with Gasteiger partial charge in [0.25, 0.3) is 7.82 Å². The number of carbonyl (C=O) groups is 2. The molecule has 10 heteroatoms. The molecule has 0 bridgehead atoms. The van der Waals surface area contributed by atoms with Crippen LogP contribution < -0.4 is 10.2 Å². The Morgan fingerprint density at radius 1 is 0.430 bits per heavy atom. The highest BCUT2D eigenvalue weighted by atomic mass is 31.2. The zero-order chi connectivity index (χ0) is 57.9. The number of hydrogen-bond acceptors (Lipinski definition) is 7. The van der Waals surface area contributed by atoms with E-state index in [1.54, 1.807) is 0 Å². The fourth-order valence-electron chi connectivity index (χ4n) is 10.5. The third-order valence-corrected chi connectivity index (χ3v) is 16.8. The van der Waals surface area contributed by atoms with Crippen molar-refractivity contribution in [2.45, 2.75) is 367 Å². The van der Waals surface area contributed by atoms with Crippen molar-refractivity contribution in [3.63, 3.8) is 0 Å². The van der Waals surface area contributed by atoms with Crippen LogP contribution in [0.3, 0.4) is 0 Å². The van der Waals surface area contributed by atoms with Crippen LogP contribution in [0.15, 0.2) is 24.3 Å². The average molecular weight is 1140 g/mol. The molecule has 9 nitrogen and oxygen atoms in total. The summed E-state index contributed by atoms with van der Waals surface area (Å²) in [5.41, 5.74) is 0. The lowest BCUT2D eigenvalue weighted by Crippen LogP contribution is -2.47. The number of rotatable bonds is 64. The monoisotopic (exact) mass is 1140 g/mol. The van der Waals surface area contributed by atoms with Crippen LogP contribution in [-0.2, 0) is 27.9 Å². The normalized spacial score (nSPS) is 13.7. The van der Waals surface area contributed by atoms with Crippen LogP contribution >= 0.6 is 7.82 Å². The lowest BCUT2D eigenvalue weighted by Gasteiger charge is -2.30. The molecule has 468 valence electrons. The summed E-state index contributed by atoms with van der Waals surface area (Å²) in [6.45, 7) is 6.88. The predicted molar refractivity (Wildman–Crippen MR) is 340 cm³/mol. The number of allylic oxidation sites excluding steroid dienone is 3. The van der Waals surface area contributed by atoms with Crippen LogP contribution in [0.1, 0.15) is 355 Å². The number of hydrogen-bond donors (Lipinski definition) is 1. The summed E-state index contributed by atoms with van der Waals surface area (Å²) in [6, 6.07) is -0.885. The Morgan fingerprint density at radius 2 is 0.734 bits per heavy atom. The number of amides is 1. The molecule has 1 amide bonds. The smallest absolute Gasteiger partial charge is 0.306 e. The molecule has 0 aliphatic rings. The van der Waals surface area contributed by atoms with Gasteiger partial charge in [-0.3, -0.25) is 14.2 Å². The highest BCUT2D eigenvalue weighted by Crippen LogP contribution is 2.38. The Balaban J connectivity index is 4.93. The molecule has 0 rings (SSSR count). The van der Waals surface area contributed by atoms with E-state index in [2.05, 4.69) is 38.2 Å². The summed E-state index contributed by atoms with van der Waals surface area (Å²) in [6.07, 6.45) is 71.7. The van der Waals surface area contributed by atoms with Gasteiger partial charge in [0.05, 0.1) is 33.8 Å². The first-order chi connectivity index (χ1) is 38.4. The highest BCUT2D eigenvalue weighted by molar-refractivity contribution is 7.45. The number of phosphoric acid groups is 1. The third-order valence-electron chi connectivity index (χ3n) is 15.9. The van der Waals surface area contributed by atoms with Gasteiger partial charge < -0.3 is 28.5 Å². The lowest BCUT2D eigenvalue weighted by atomic mass is 10.0. The van der Waals surface area contributed by atoms with Crippen molar-refractivity contribution in [2.75, 3.05) is 40.9 Å². The van der Waals surface area contributed by atoms with Crippen LogP contribution in [0.4, 0.5) is 0 Å². The Hall–Kier alpha value is -1.51. The van der Waals surface area contributed by atoms with Crippen molar-refractivity contribution >= 4 is 19.7 Å². The van der Waals surface area contributed by atoms with E-state index in [9.17, 15) is 19.0 Å². The number of nitrogens with one attached hydrogen (secondary N) is 1. The maximum absolute atomic E-state index is 13.5. The van der Waals surface area contributed by atoms with Crippen LogP contribution in [-0.4, -0.2) is 69.4 Å². The summed E-state index contributed by atoms with van der Waals surface area (Å²) in [5, 5.41) is 3.04. The van der Waals surface area contributed by atoms with Crippen LogP contribution in [0.5, 0.6) is 0 Å². The zero-order valence-electron chi connectivity index (χ0n) is 53.6. The van der Waals surface area contributed by atoms with E-state index in [1.165, 1.54) is 250 Å². The zero-order valence-corrected chi connectivity index (χ0v) is 54.5. The topological polar surface area (TPSA) is 114 Å². The van der Waals surface area contributed by atoms with Gasteiger partial charge in [0, 0.05) is 12.8 Å². The minimum atomic E-state index is -4.69. The van der Waals surface area contributed by atoms with E-state index < -0.39 is 20.0 Å². The molecule has 0 aromatic rings. The van der Waals surface area contributed by atoms with Gasteiger partial charge in [-0.2, -0.15) is 0 Å². The largest absolute Gasteiger partial charge is 0.756 e. The molecule has 0 saturated heterocycles. The number of unbranched alkanes of at least 4 members (excludes halogenated alkanes) is 46. The summed E-state index contributed by atoms with van der Waals surface area (Å²) in [7, 11) is 1.20. The standard InChI is InChI=1S/C69H135N2O7P/c1-7-10-13-16-19-22-25-27-29-30-31-32-33-34-35-36-37-38-39-40-42-44-47-50-53-56-59-62-69(73)78-67(60-57-54-51-48-45-24-21-18-15-12-9-3)66(65-77-79(74,75)76-64-63-71(4,5)6)70-68(72)61-58-55-52-49-46-43-41-28-26-23-20-17-14-11-8-2/h23,26,57,60,66-67H,7-22,24-25,27-56,58-59,61-65H2,1-6H3,(H-,70,72,74,75)/b26-23-,60-57-. The van der Waals surface area contributed by atoms with E-state index in [0.717, 1.165) is 70.6 Å². The molecule has 79 heavy (non-hydrogen) atoms. The summed E-state index contributed by atoms with van der Waals surface area (Å²) in [5.74, 6) is -0.528. The second kappa shape index (κ2) is 59.6. The quantitative estimate of drug-likeness (QED) is 0.0212. The lowest BCUT2D eigenvalue weighted by molar-refractivity contribution is -0.870. The molecule has 0 fully saturated rings.